The first kappa shape index (κ1) is 10.4. The Hall–Kier alpha value is -0.610. The molecule has 0 saturated carbocycles. The molecule has 0 amide bonds. The van der Waals surface area contributed by atoms with Crippen LogP contribution >= 0.6 is 0 Å². The number of hydrogen-bond acceptors (Lipinski definition) is 4. The van der Waals surface area contributed by atoms with Crippen LogP contribution in [-0.2, 0) is 9.53 Å². The first-order valence-electron chi connectivity index (χ1n) is 3.43. The van der Waals surface area contributed by atoms with Crippen molar-refractivity contribution >= 4 is 5.97 Å². The lowest BCUT2D eigenvalue weighted by atomic mass is 10.3. The standard InChI is InChI=1S/C7H13O4/c1-2-3-7(10)11-5-6(9)4-8/h2,6,8-9H,3-5H2,1H3. The van der Waals surface area contributed by atoms with Gasteiger partial charge in [0.2, 0.25) is 0 Å². The minimum absolute atomic E-state index is 0.136. The lowest BCUT2D eigenvalue weighted by Gasteiger charge is -2.07. The largest absolute Gasteiger partial charge is 0.463 e. The monoisotopic (exact) mass is 161 g/mol. The summed E-state index contributed by atoms with van der Waals surface area (Å²) in [5, 5.41) is 17.1. The Kier molecular flexibility index (Phi) is 5.78. The van der Waals surface area contributed by atoms with Gasteiger partial charge in [0, 0.05) is 6.42 Å². The van der Waals surface area contributed by atoms with Gasteiger partial charge in [-0.3, -0.25) is 4.79 Å². The minimum atomic E-state index is -0.962. The summed E-state index contributed by atoms with van der Waals surface area (Å²) in [5.41, 5.74) is 0. The van der Waals surface area contributed by atoms with Gasteiger partial charge in [-0.25, -0.2) is 0 Å². The zero-order valence-corrected chi connectivity index (χ0v) is 6.49. The molecule has 0 spiro atoms. The summed E-state index contributed by atoms with van der Waals surface area (Å²) in [6.07, 6.45) is 0.932. The molecule has 4 nitrogen and oxygen atoms in total. The van der Waals surface area contributed by atoms with Gasteiger partial charge in [0.15, 0.2) is 0 Å². The maximum absolute atomic E-state index is 10.6. The molecule has 0 bridgehead atoms. The van der Waals surface area contributed by atoms with Crippen LogP contribution in [0.5, 0.6) is 0 Å². The highest BCUT2D eigenvalue weighted by atomic mass is 16.5. The third-order valence-electron chi connectivity index (χ3n) is 1.02. The second kappa shape index (κ2) is 6.12. The van der Waals surface area contributed by atoms with E-state index in [0.717, 1.165) is 0 Å². The summed E-state index contributed by atoms with van der Waals surface area (Å²) < 4.78 is 4.55. The van der Waals surface area contributed by atoms with Crippen molar-refractivity contribution in [2.24, 2.45) is 0 Å². The maximum atomic E-state index is 10.6. The average molecular weight is 161 g/mol. The minimum Gasteiger partial charge on any atom is -0.463 e. The van der Waals surface area contributed by atoms with Crippen molar-refractivity contribution in [2.45, 2.75) is 19.4 Å². The number of rotatable bonds is 5. The van der Waals surface area contributed by atoms with Crippen LogP contribution in [0.3, 0.4) is 0 Å². The van der Waals surface area contributed by atoms with Gasteiger partial charge in [-0.1, -0.05) is 6.92 Å². The van der Waals surface area contributed by atoms with Gasteiger partial charge in [-0.15, -0.1) is 0 Å². The average Bonchev–Trinajstić information content (AvgIpc) is 2.01. The van der Waals surface area contributed by atoms with Crippen molar-refractivity contribution in [2.75, 3.05) is 13.2 Å². The topological polar surface area (TPSA) is 66.8 Å². The summed E-state index contributed by atoms with van der Waals surface area (Å²) in [6, 6.07) is 0. The molecule has 0 aliphatic rings. The van der Waals surface area contributed by atoms with E-state index in [1.165, 1.54) is 0 Å². The zero-order chi connectivity index (χ0) is 8.69. The molecule has 0 saturated heterocycles. The Morgan fingerprint density at radius 2 is 2.36 bits per heavy atom. The number of carbonyl (C=O) groups is 1. The predicted molar refractivity (Wildman–Crippen MR) is 38.6 cm³/mol. The lowest BCUT2D eigenvalue weighted by Crippen LogP contribution is -2.21. The summed E-state index contributed by atoms with van der Waals surface area (Å²) in [6.45, 7) is 1.22. The van der Waals surface area contributed by atoms with Gasteiger partial charge in [0.05, 0.1) is 6.61 Å². The Morgan fingerprint density at radius 1 is 1.73 bits per heavy atom. The number of esters is 1. The van der Waals surface area contributed by atoms with Gasteiger partial charge >= 0.3 is 5.97 Å². The highest BCUT2D eigenvalue weighted by Crippen LogP contribution is 1.91. The van der Waals surface area contributed by atoms with Crippen LogP contribution in [0.1, 0.15) is 13.3 Å². The molecule has 0 heterocycles. The van der Waals surface area contributed by atoms with Crippen LogP contribution in [0.4, 0.5) is 0 Å². The van der Waals surface area contributed by atoms with E-state index in [1.807, 2.05) is 0 Å². The van der Waals surface area contributed by atoms with Gasteiger partial charge in [0.1, 0.15) is 12.7 Å². The van der Waals surface area contributed by atoms with Crippen LogP contribution < -0.4 is 0 Å². The maximum Gasteiger partial charge on any atom is 0.306 e. The van der Waals surface area contributed by atoms with Gasteiger partial charge < -0.3 is 14.9 Å². The van der Waals surface area contributed by atoms with Crippen molar-refractivity contribution in [3.05, 3.63) is 6.42 Å². The fraction of sp³-hybridized carbons (Fsp3) is 0.714. The van der Waals surface area contributed by atoms with E-state index in [4.69, 9.17) is 10.2 Å². The lowest BCUT2D eigenvalue weighted by molar-refractivity contribution is -0.146. The number of ether oxygens (including phenoxy) is 1. The number of carbonyl (C=O) groups excluding carboxylic acids is 1. The third-order valence-corrected chi connectivity index (χ3v) is 1.02. The Morgan fingerprint density at radius 3 is 2.82 bits per heavy atom. The van der Waals surface area contributed by atoms with Crippen LogP contribution in [0.15, 0.2) is 0 Å². The second-order valence-electron chi connectivity index (χ2n) is 2.13. The molecule has 0 aliphatic carbocycles. The molecule has 65 valence electrons. The van der Waals surface area contributed by atoms with Crippen LogP contribution in [0.2, 0.25) is 0 Å². The molecule has 0 fully saturated rings. The quantitative estimate of drug-likeness (QED) is 0.533. The highest BCUT2D eigenvalue weighted by Gasteiger charge is 2.05. The predicted octanol–water partition coefficient (Wildman–Crippen LogP) is -0.503. The molecule has 11 heavy (non-hydrogen) atoms. The van der Waals surface area contributed by atoms with Crippen molar-refractivity contribution in [3.8, 4) is 0 Å². The zero-order valence-electron chi connectivity index (χ0n) is 6.49. The van der Waals surface area contributed by atoms with Crippen LogP contribution in [0.25, 0.3) is 0 Å². The van der Waals surface area contributed by atoms with Crippen molar-refractivity contribution < 1.29 is 19.7 Å². The van der Waals surface area contributed by atoms with E-state index >= 15 is 0 Å². The SMILES string of the molecule is C[CH]CC(=O)OCC(O)CO. The van der Waals surface area contributed by atoms with E-state index in [9.17, 15) is 4.79 Å². The molecule has 1 atom stereocenters. The van der Waals surface area contributed by atoms with E-state index in [-0.39, 0.29) is 25.6 Å². The molecule has 0 aromatic rings. The normalized spacial score (nSPS) is 12.6. The second-order valence-corrected chi connectivity index (χ2v) is 2.13. The van der Waals surface area contributed by atoms with Crippen LogP contribution in [0, 0.1) is 6.42 Å². The number of hydrogen-bond donors (Lipinski definition) is 2. The molecular weight excluding hydrogens is 148 g/mol. The van der Waals surface area contributed by atoms with Crippen LogP contribution in [-0.4, -0.2) is 35.5 Å². The van der Waals surface area contributed by atoms with Gasteiger partial charge in [0.25, 0.3) is 0 Å². The van der Waals surface area contributed by atoms with Crippen molar-refractivity contribution in [1.82, 2.24) is 0 Å². The summed E-state index contributed by atoms with van der Waals surface area (Å²) in [4.78, 5) is 10.6. The van der Waals surface area contributed by atoms with Crippen molar-refractivity contribution in [1.29, 1.82) is 0 Å². The fourth-order valence-corrected chi connectivity index (χ4v) is 0.467. The molecule has 1 unspecified atom stereocenters. The van der Waals surface area contributed by atoms with E-state index in [2.05, 4.69) is 4.74 Å². The molecule has 0 aliphatic heterocycles. The fourth-order valence-electron chi connectivity index (χ4n) is 0.467. The van der Waals surface area contributed by atoms with E-state index < -0.39 is 6.10 Å². The van der Waals surface area contributed by atoms with Gasteiger partial charge in [-0.2, -0.15) is 0 Å². The van der Waals surface area contributed by atoms with E-state index in [1.54, 1.807) is 13.3 Å². The first-order valence-corrected chi connectivity index (χ1v) is 3.43. The molecule has 4 heteroatoms. The molecule has 0 rings (SSSR count). The molecule has 1 radical (unpaired) electrons. The molecule has 2 N–H and O–H groups in total. The first-order chi connectivity index (χ1) is 5.20. The van der Waals surface area contributed by atoms with E-state index in [0.29, 0.717) is 0 Å². The summed E-state index contributed by atoms with van der Waals surface area (Å²) in [7, 11) is 0. The number of aliphatic hydroxyl groups excluding tert-OH is 2. The highest BCUT2D eigenvalue weighted by molar-refractivity contribution is 5.70. The third kappa shape index (κ3) is 5.82. The summed E-state index contributed by atoms with van der Waals surface area (Å²) in [5.74, 6) is -0.389. The molecule has 0 aromatic carbocycles. The Bertz CT molecular complexity index is 113. The van der Waals surface area contributed by atoms with Crippen molar-refractivity contribution in [3.63, 3.8) is 0 Å². The number of aliphatic hydroxyl groups is 2. The van der Waals surface area contributed by atoms with Gasteiger partial charge in [-0.05, 0) is 6.42 Å². The smallest absolute Gasteiger partial charge is 0.306 e. The Labute approximate surface area is 65.8 Å². The molecular formula is C7H13O4. The Balaban J connectivity index is 3.30. The molecule has 0 aromatic heterocycles. The summed E-state index contributed by atoms with van der Waals surface area (Å²) >= 11 is 0.